The van der Waals surface area contributed by atoms with Crippen LogP contribution in [-0.4, -0.2) is 22.0 Å². The van der Waals surface area contributed by atoms with E-state index in [0.717, 1.165) is 11.1 Å². The van der Waals surface area contributed by atoms with E-state index in [9.17, 15) is 9.59 Å². The van der Waals surface area contributed by atoms with Crippen LogP contribution in [0.5, 0.6) is 5.75 Å². The molecule has 0 spiro atoms. The van der Waals surface area contributed by atoms with Gasteiger partial charge in [0.05, 0.1) is 6.54 Å². The van der Waals surface area contributed by atoms with E-state index in [1.807, 2.05) is 31.2 Å². The van der Waals surface area contributed by atoms with E-state index >= 15 is 0 Å². The molecule has 0 radical (unpaired) electrons. The van der Waals surface area contributed by atoms with Gasteiger partial charge in [0.2, 0.25) is 11.7 Å². The molecule has 7 heteroatoms. The van der Waals surface area contributed by atoms with Gasteiger partial charge in [0.15, 0.2) is 0 Å². The molecule has 2 aromatic carbocycles. The van der Waals surface area contributed by atoms with Gasteiger partial charge in [-0.3, -0.25) is 9.59 Å². The van der Waals surface area contributed by atoms with E-state index in [1.165, 1.54) is 6.92 Å². The summed E-state index contributed by atoms with van der Waals surface area (Å²) in [5, 5.41) is 6.63. The van der Waals surface area contributed by atoms with Crippen molar-refractivity contribution in [3.05, 3.63) is 65.5 Å². The van der Waals surface area contributed by atoms with Crippen LogP contribution < -0.4 is 10.1 Å². The van der Waals surface area contributed by atoms with Crippen molar-refractivity contribution < 1.29 is 18.8 Å². The first kappa shape index (κ1) is 17.3. The summed E-state index contributed by atoms with van der Waals surface area (Å²) in [5.74, 6) is 0.455. The fraction of sp³-hybridized carbons (Fsp3) is 0.158. The van der Waals surface area contributed by atoms with Gasteiger partial charge in [0.1, 0.15) is 5.75 Å². The Labute approximate surface area is 150 Å². The summed E-state index contributed by atoms with van der Waals surface area (Å²) in [4.78, 5) is 27.3. The van der Waals surface area contributed by atoms with Gasteiger partial charge in [-0.2, -0.15) is 4.98 Å². The van der Waals surface area contributed by atoms with Gasteiger partial charge in [0, 0.05) is 18.1 Å². The van der Waals surface area contributed by atoms with Crippen molar-refractivity contribution >= 4 is 11.9 Å². The first-order valence-corrected chi connectivity index (χ1v) is 7.97. The third-order valence-electron chi connectivity index (χ3n) is 3.56. The van der Waals surface area contributed by atoms with Crippen molar-refractivity contribution in [1.29, 1.82) is 0 Å². The molecule has 7 nitrogen and oxygen atoms in total. The number of benzene rings is 2. The average Bonchev–Trinajstić information content (AvgIpc) is 3.09. The van der Waals surface area contributed by atoms with Gasteiger partial charge in [-0.25, -0.2) is 0 Å². The number of rotatable bonds is 5. The number of hydrogen-bond acceptors (Lipinski definition) is 6. The summed E-state index contributed by atoms with van der Waals surface area (Å²) < 4.78 is 10.1. The van der Waals surface area contributed by atoms with Crippen molar-refractivity contribution in [1.82, 2.24) is 15.5 Å². The lowest BCUT2D eigenvalue weighted by Crippen LogP contribution is -2.22. The summed E-state index contributed by atoms with van der Waals surface area (Å²) in [7, 11) is 0. The van der Waals surface area contributed by atoms with E-state index in [0.29, 0.717) is 23.0 Å². The predicted molar refractivity (Wildman–Crippen MR) is 93.4 cm³/mol. The minimum absolute atomic E-state index is 0.114. The number of amides is 1. The number of aryl methyl sites for hydroxylation is 1. The summed E-state index contributed by atoms with van der Waals surface area (Å²) in [6, 6.07) is 14.0. The normalized spacial score (nSPS) is 10.4. The van der Waals surface area contributed by atoms with Crippen LogP contribution in [0, 0.1) is 6.92 Å². The molecule has 0 aliphatic heterocycles. The Morgan fingerprint density at radius 1 is 1.08 bits per heavy atom. The number of carbonyl (C=O) groups excluding carboxylic acids is 2. The zero-order chi connectivity index (χ0) is 18.5. The highest BCUT2D eigenvalue weighted by molar-refractivity contribution is 5.94. The fourth-order valence-corrected chi connectivity index (χ4v) is 2.24. The molecule has 1 heterocycles. The lowest BCUT2D eigenvalue weighted by Gasteiger charge is -2.04. The lowest BCUT2D eigenvalue weighted by molar-refractivity contribution is -0.131. The van der Waals surface area contributed by atoms with Gasteiger partial charge in [-0.15, -0.1) is 0 Å². The minimum Gasteiger partial charge on any atom is -0.427 e. The SMILES string of the molecule is CC(=O)Oc1ccc(C(=O)NCc2nc(-c3ccc(C)cc3)no2)cc1. The molecule has 1 amide bonds. The molecule has 0 fully saturated rings. The smallest absolute Gasteiger partial charge is 0.308 e. The predicted octanol–water partition coefficient (Wildman–Crippen LogP) is 2.90. The third kappa shape index (κ3) is 4.32. The van der Waals surface area contributed by atoms with E-state index in [4.69, 9.17) is 9.26 Å². The molecule has 0 saturated carbocycles. The molecule has 0 aliphatic rings. The molecular weight excluding hydrogens is 334 g/mol. The number of nitrogens with zero attached hydrogens (tertiary/aromatic N) is 2. The minimum atomic E-state index is -0.414. The monoisotopic (exact) mass is 351 g/mol. The molecule has 3 aromatic rings. The van der Waals surface area contributed by atoms with Crippen LogP contribution in [0.25, 0.3) is 11.4 Å². The second kappa shape index (κ2) is 7.60. The number of aromatic nitrogens is 2. The quantitative estimate of drug-likeness (QED) is 0.561. The average molecular weight is 351 g/mol. The molecule has 0 unspecified atom stereocenters. The molecule has 0 saturated heterocycles. The van der Waals surface area contributed by atoms with Crippen molar-refractivity contribution in [2.75, 3.05) is 0 Å². The molecule has 0 bridgehead atoms. The number of hydrogen-bond donors (Lipinski definition) is 1. The Morgan fingerprint density at radius 2 is 1.77 bits per heavy atom. The van der Waals surface area contributed by atoms with Crippen LogP contribution in [-0.2, 0) is 11.3 Å². The Balaban J connectivity index is 1.59. The first-order valence-electron chi connectivity index (χ1n) is 7.97. The molecule has 1 aromatic heterocycles. The lowest BCUT2D eigenvalue weighted by atomic mass is 10.1. The number of ether oxygens (including phenoxy) is 1. The number of carbonyl (C=O) groups is 2. The molecule has 3 rings (SSSR count). The second-order valence-electron chi connectivity index (χ2n) is 5.68. The van der Waals surface area contributed by atoms with E-state index < -0.39 is 5.97 Å². The van der Waals surface area contributed by atoms with Crippen molar-refractivity contribution in [3.8, 4) is 17.1 Å². The summed E-state index contributed by atoms with van der Waals surface area (Å²) in [6.07, 6.45) is 0. The number of esters is 1. The first-order chi connectivity index (χ1) is 12.5. The van der Waals surface area contributed by atoms with Crippen LogP contribution >= 0.6 is 0 Å². The summed E-state index contributed by atoms with van der Waals surface area (Å²) in [6.45, 7) is 3.43. The maximum absolute atomic E-state index is 12.2. The van der Waals surface area contributed by atoms with Crippen molar-refractivity contribution in [2.24, 2.45) is 0 Å². The zero-order valence-electron chi connectivity index (χ0n) is 14.4. The molecule has 132 valence electrons. The van der Waals surface area contributed by atoms with Crippen LogP contribution in [0.2, 0.25) is 0 Å². The maximum Gasteiger partial charge on any atom is 0.308 e. The number of nitrogens with one attached hydrogen (secondary N) is 1. The van der Waals surface area contributed by atoms with Crippen molar-refractivity contribution in [3.63, 3.8) is 0 Å². The van der Waals surface area contributed by atoms with Gasteiger partial charge < -0.3 is 14.6 Å². The molecule has 26 heavy (non-hydrogen) atoms. The Morgan fingerprint density at radius 3 is 2.42 bits per heavy atom. The van der Waals surface area contributed by atoms with Crippen LogP contribution in [0.4, 0.5) is 0 Å². The summed E-state index contributed by atoms with van der Waals surface area (Å²) in [5.41, 5.74) is 2.42. The largest absolute Gasteiger partial charge is 0.427 e. The second-order valence-corrected chi connectivity index (χ2v) is 5.68. The van der Waals surface area contributed by atoms with Crippen LogP contribution in [0.15, 0.2) is 53.1 Å². The Kier molecular flexibility index (Phi) is 5.07. The fourth-order valence-electron chi connectivity index (χ4n) is 2.24. The van der Waals surface area contributed by atoms with Gasteiger partial charge in [-0.05, 0) is 31.2 Å². The van der Waals surface area contributed by atoms with Crippen molar-refractivity contribution in [2.45, 2.75) is 20.4 Å². The topological polar surface area (TPSA) is 94.3 Å². The van der Waals surface area contributed by atoms with Crippen LogP contribution in [0.1, 0.15) is 28.7 Å². The van der Waals surface area contributed by atoms with E-state index in [-0.39, 0.29) is 12.5 Å². The highest BCUT2D eigenvalue weighted by atomic mass is 16.5. The van der Waals surface area contributed by atoms with Gasteiger partial charge >= 0.3 is 5.97 Å². The summed E-state index contributed by atoms with van der Waals surface area (Å²) >= 11 is 0. The zero-order valence-corrected chi connectivity index (χ0v) is 14.4. The van der Waals surface area contributed by atoms with Gasteiger partial charge in [0.25, 0.3) is 5.91 Å². The van der Waals surface area contributed by atoms with Gasteiger partial charge in [-0.1, -0.05) is 35.0 Å². The Hall–Kier alpha value is -3.48. The highest BCUT2D eigenvalue weighted by Gasteiger charge is 2.11. The Bertz CT molecular complexity index is 915. The molecule has 1 N–H and O–H groups in total. The molecule has 0 aliphatic carbocycles. The van der Waals surface area contributed by atoms with Crippen LogP contribution in [0.3, 0.4) is 0 Å². The molecular formula is C19H17N3O4. The molecule has 0 atom stereocenters. The third-order valence-corrected chi connectivity index (χ3v) is 3.56. The maximum atomic E-state index is 12.2. The van der Waals surface area contributed by atoms with E-state index in [2.05, 4.69) is 15.5 Å². The van der Waals surface area contributed by atoms with E-state index in [1.54, 1.807) is 24.3 Å². The standard InChI is InChI=1S/C19H17N3O4/c1-12-3-5-14(6-4-12)18-21-17(26-22-18)11-20-19(24)15-7-9-16(10-8-15)25-13(2)23/h3-10H,11H2,1-2H3,(H,20,24). The highest BCUT2D eigenvalue weighted by Crippen LogP contribution is 2.16.